The van der Waals surface area contributed by atoms with Crippen LogP contribution in [0, 0.1) is 20.2 Å². The van der Waals surface area contributed by atoms with Crippen LogP contribution in [0.1, 0.15) is 10.4 Å². The molecule has 0 saturated carbocycles. The van der Waals surface area contributed by atoms with Gasteiger partial charge in [0.2, 0.25) is 0 Å². The Hall–Kier alpha value is -4.04. The number of benzene rings is 3. The van der Waals surface area contributed by atoms with Crippen LogP contribution in [-0.2, 0) is 9.30 Å². The molecule has 0 spiro atoms. The summed E-state index contributed by atoms with van der Waals surface area (Å²) in [5.41, 5.74) is -0.393. The van der Waals surface area contributed by atoms with Crippen LogP contribution in [0.5, 0.6) is 5.75 Å². The average molecular weight is 442 g/mol. The molecular weight excluding hydrogens is 427 g/mol. The molecule has 0 aliphatic carbocycles. The van der Waals surface area contributed by atoms with Gasteiger partial charge >= 0.3 is 13.3 Å². The molecule has 3 aromatic rings. The molecule has 0 radical (unpaired) electrons. The van der Waals surface area contributed by atoms with Gasteiger partial charge in [0.05, 0.1) is 33.1 Å². The summed E-state index contributed by atoms with van der Waals surface area (Å²) in [4.78, 5) is 32.7. The van der Waals surface area contributed by atoms with Gasteiger partial charge in [-0.15, -0.1) is 0 Å². The van der Waals surface area contributed by atoms with E-state index in [1.807, 2.05) is 0 Å². The molecular formula is C20H15N2O8P. The summed E-state index contributed by atoms with van der Waals surface area (Å²) in [6.45, 7) is 0. The molecule has 31 heavy (non-hydrogen) atoms. The molecule has 0 aromatic heterocycles. The lowest BCUT2D eigenvalue weighted by Crippen LogP contribution is -2.21. The lowest BCUT2D eigenvalue weighted by molar-refractivity contribution is -0.384. The molecule has 0 saturated heterocycles. The minimum absolute atomic E-state index is 0.0146. The first-order valence-electron chi connectivity index (χ1n) is 8.72. The van der Waals surface area contributed by atoms with E-state index in [2.05, 4.69) is 4.74 Å². The summed E-state index contributed by atoms with van der Waals surface area (Å²) in [5, 5.41) is 22.4. The van der Waals surface area contributed by atoms with Gasteiger partial charge in [0.1, 0.15) is 5.75 Å². The molecule has 3 rings (SSSR count). The second-order valence-corrected chi connectivity index (χ2v) is 8.53. The van der Waals surface area contributed by atoms with Gasteiger partial charge in [-0.25, -0.2) is 4.79 Å². The molecule has 0 fully saturated rings. The maximum Gasteiger partial charge on any atom is 0.337 e. The van der Waals surface area contributed by atoms with Crippen molar-refractivity contribution in [1.82, 2.24) is 0 Å². The van der Waals surface area contributed by atoms with Crippen molar-refractivity contribution in [2.24, 2.45) is 0 Å². The molecule has 0 heterocycles. The third-order valence-corrected chi connectivity index (χ3v) is 6.65. The van der Waals surface area contributed by atoms with E-state index in [1.165, 1.54) is 67.8 Å². The molecule has 0 aliphatic rings. The highest BCUT2D eigenvalue weighted by Crippen LogP contribution is 2.46. The van der Waals surface area contributed by atoms with Gasteiger partial charge < -0.3 is 9.26 Å². The number of methoxy groups -OCH3 is 1. The highest BCUT2D eigenvalue weighted by atomic mass is 31.2. The smallest absolute Gasteiger partial charge is 0.337 e. The Kier molecular flexibility index (Phi) is 6.12. The fourth-order valence-electron chi connectivity index (χ4n) is 2.75. The fraction of sp³-hybridized carbons (Fsp3) is 0.0500. The van der Waals surface area contributed by atoms with Gasteiger partial charge in [-0.05, 0) is 36.4 Å². The summed E-state index contributed by atoms with van der Waals surface area (Å²) in [7, 11) is -2.82. The number of esters is 1. The van der Waals surface area contributed by atoms with Gasteiger partial charge in [0.25, 0.3) is 11.4 Å². The van der Waals surface area contributed by atoms with Crippen LogP contribution in [0.25, 0.3) is 0 Å². The van der Waals surface area contributed by atoms with Crippen molar-refractivity contribution in [2.45, 2.75) is 0 Å². The van der Waals surface area contributed by atoms with Gasteiger partial charge in [-0.3, -0.25) is 24.8 Å². The second-order valence-electron chi connectivity index (χ2n) is 6.21. The standard InChI is InChI=1S/C20H15N2O8P/c1-29-20(23)14-8-10-17(11-9-14)30-31(28,18-6-2-4-15(12-18)21(24)25)19-7-3-5-16(13-19)22(26)27/h2-13H,1H3. The van der Waals surface area contributed by atoms with Crippen LogP contribution in [0.15, 0.2) is 72.8 Å². The highest BCUT2D eigenvalue weighted by molar-refractivity contribution is 7.74. The molecule has 11 heteroatoms. The van der Waals surface area contributed by atoms with E-state index in [1.54, 1.807) is 0 Å². The van der Waals surface area contributed by atoms with Crippen LogP contribution in [0.4, 0.5) is 11.4 Å². The number of carbonyl (C=O) groups is 1. The van der Waals surface area contributed by atoms with Crippen molar-refractivity contribution in [2.75, 3.05) is 7.11 Å². The van der Waals surface area contributed by atoms with Crippen molar-refractivity contribution in [3.05, 3.63) is 98.6 Å². The number of ether oxygens (including phenoxy) is 1. The second kappa shape index (κ2) is 8.76. The van der Waals surface area contributed by atoms with Crippen LogP contribution < -0.4 is 15.1 Å². The Morgan fingerprint density at radius 2 is 1.32 bits per heavy atom. The minimum atomic E-state index is -4.05. The summed E-state index contributed by atoms with van der Waals surface area (Å²) < 4.78 is 24.4. The summed E-state index contributed by atoms with van der Waals surface area (Å²) in [6, 6.07) is 15.7. The van der Waals surface area contributed by atoms with E-state index in [0.29, 0.717) is 0 Å². The topological polar surface area (TPSA) is 139 Å². The van der Waals surface area contributed by atoms with E-state index in [0.717, 1.165) is 12.1 Å². The Morgan fingerprint density at radius 3 is 1.74 bits per heavy atom. The Balaban J connectivity index is 2.13. The zero-order valence-corrected chi connectivity index (χ0v) is 16.9. The Labute approximate surface area is 175 Å². The number of hydrogen-bond donors (Lipinski definition) is 0. The molecule has 0 amide bonds. The van der Waals surface area contributed by atoms with Crippen molar-refractivity contribution in [3.8, 4) is 5.75 Å². The van der Waals surface area contributed by atoms with Gasteiger partial charge in [0, 0.05) is 24.3 Å². The Morgan fingerprint density at radius 1 is 0.839 bits per heavy atom. The van der Waals surface area contributed by atoms with Crippen molar-refractivity contribution in [3.63, 3.8) is 0 Å². The predicted molar refractivity (Wildman–Crippen MR) is 111 cm³/mol. The minimum Gasteiger partial charge on any atom is -0.465 e. The van der Waals surface area contributed by atoms with Gasteiger partial charge in [-0.1, -0.05) is 12.1 Å². The number of nitrogens with zero attached hydrogens (tertiary/aromatic N) is 2. The number of nitro benzene ring substituents is 2. The van der Waals surface area contributed by atoms with Crippen LogP contribution >= 0.6 is 7.37 Å². The quantitative estimate of drug-likeness (QED) is 0.234. The molecule has 0 atom stereocenters. The van der Waals surface area contributed by atoms with Gasteiger partial charge in [-0.2, -0.15) is 0 Å². The van der Waals surface area contributed by atoms with E-state index in [-0.39, 0.29) is 33.3 Å². The molecule has 0 N–H and O–H groups in total. The fourth-order valence-corrected chi connectivity index (χ4v) is 4.85. The van der Waals surface area contributed by atoms with Gasteiger partial charge in [0.15, 0.2) is 0 Å². The molecule has 0 unspecified atom stereocenters. The molecule has 10 nitrogen and oxygen atoms in total. The third kappa shape index (κ3) is 4.59. The maximum absolute atomic E-state index is 14.1. The summed E-state index contributed by atoms with van der Waals surface area (Å²) >= 11 is 0. The van der Waals surface area contributed by atoms with Crippen LogP contribution in [-0.4, -0.2) is 22.9 Å². The van der Waals surface area contributed by atoms with E-state index >= 15 is 0 Å². The monoisotopic (exact) mass is 442 g/mol. The van der Waals surface area contributed by atoms with Crippen LogP contribution in [0.2, 0.25) is 0 Å². The number of rotatable bonds is 7. The third-order valence-electron chi connectivity index (χ3n) is 4.27. The highest BCUT2D eigenvalue weighted by Gasteiger charge is 2.33. The van der Waals surface area contributed by atoms with E-state index in [4.69, 9.17) is 4.52 Å². The molecule has 0 bridgehead atoms. The number of non-ortho nitro benzene ring substituents is 2. The van der Waals surface area contributed by atoms with Crippen LogP contribution in [0.3, 0.4) is 0 Å². The number of hydrogen-bond acceptors (Lipinski definition) is 8. The lowest BCUT2D eigenvalue weighted by atomic mass is 10.2. The Bertz CT molecular complexity index is 1150. The van der Waals surface area contributed by atoms with E-state index in [9.17, 15) is 29.6 Å². The zero-order chi connectivity index (χ0) is 22.6. The largest absolute Gasteiger partial charge is 0.465 e. The SMILES string of the molecule is COC(=O)c1ccc(OP(=O)(c2cccc([N+](=O)[O-])c2)c2cccc([N+](=O)[O-])c2)cc1. The van der Waals surface area contributed by atoms with Crippen molar-refractivity contribution >= 4 is 35.3 Å². The maximum atomic E-state index is 14.1. The zero-order valence-electron chi connectivity index (χ0n) is 16.0. The first-order chi connectivity index (χ1) is 14.7. The molecule has 158 valence electrons. The normalized spacial score (nSPS) is 10.9. The number of nitro groups is 2. The predicted octanol–water partition coefficient (Wildman–Crippen LogP) is 3.60. The molecule has 0 aliphatic heterocycles. The van der Waals surface area contributed by atoms with Crippen molar-refractivity contribution < 1.29 is 28.5 Å². The molecule has 3 aromatic carbocycles. The average Bonchev–Trinajstić information content (AvgIpc) is 2.79. The number of carbonyl (C=O) groups excluding carboxylic acids is 1. The first kappa shape index (κ1) is 21.7. The summed E-state index contributed by atoms with van der Waals surface area (Å²) in [6.07, 6.45) is 0. The van der Waals surface area contributed by atoms with E-state index < -0.39 is 23.2 Å². The summed E-state index contributed by atoms with van der Waals surface area (Å²) in [5.74, 6) is -0.485. The first-order valence-corrected chi connectivity index (χ1v) is 10.3. The lowest BCUT2D eigenvalue weighted by Gasteiger charge is -2.20. The van der Waals surface area contributed by atoms with Crippen molar-refractivity contribution in [1.29, 1.82) is 0 Å².